The highest BCUT2D eigenvalue weighted by Gasteiger charge is 2.38. The van der Waals surface area contributed by atoms with Crippen LogP contribution in [-0.2, 0) is 4.79 Å². The molecular weight excluding hydrogens is 280 g/mol. The van der Waals surface area contributed by atoms with Crippen molar-refractivity contribution in [2.24, 2.45) is 0 Å². The summed E-state index contributed by atoms with van der Waals surface area (Å²) in [5.41, 5.74) is 2.04. The Labute approximate surface area is 126 Å². The van der Waals surface area contributed by atoms with Gasteiger partial charge < -0.3 is 10.4 Å². The molecule has 3 rings (SSSR count). The summed E-state index contributed by atoms with van der Waals surface area (Å²) < 4.78 is 0. The maximum Gasteiger partial charge on any atom is 0.313 e. The second-order valence-corrected chi connectivity index (χ2v) is 5.09. The third kappa shape index (κ3) is 2.21. The van der Waals surface area contributed by atoms with Crippen molar-refractivity contribution in [2.45, 2.75) is 12.0 Å². The molecule has 5 heteroatoms. The molecule has 1 aliphatic heterocycles. The quantitative estimate of drug-likeness (QED) is 0.888. The summed E-state index contributed by atoms with van der Waals surface area (Å²) in [4.78, 5) is 23.9. The van der Waals surface area contributed by atoms with E-state index in [0.717, 1.165) is 0 Å². The highest BCUT2D eigenvalue weighted by molar-refractivity contribution is 6.00. The maximum absolute atomic E-state index is 12.2. The lowest BCUT2D eigenvalue weighted by atomic mass is 9.81. The summed E-state index contributed by atoms with van der Waals surface area (Å²) in [6.45, 7) is 0. The summed E-state index contributed by atoms with van der Waals surface area (Å²) in [6, 6.07) is 14.6. The van der Waals surface area contributed by atoms with Crippen LogP contribution in [0.5, 0.6) is 0 Å². The number of amides is 1. The van der Waals surface area contributed by atoms with Gasteiger partial charge >= 0.3 is 5.97 Å². The van der Waals surface area contributed by atoms with Crippen LogP contribution in [0.3, 0.4) is 0 Å². The van der Waals surface area contributed by atoms with Crippen LogP contribution in [0, 0.1) is 11.3 Å². The standard InChI is InChI=1S/C17H12N2O3/c18-9-10-5-7-11(8-6-10)15-14(17(21)22)12-3-1-2-4-13(12)16(20)19-15/h1-8,14-15H,(H,19,20)(H,21,22)/t14-,15-/m0/s1. The normalized spacial score (nSPS) is 19.7. The Morgan fingerprint density at radius 3 is 2.45 bits per heavy atom. The van der Waals surface area contributed by atoms with Crippen molar-refractivity contribution in [3.8, 4) is 6.07 Å². The van der Waals surface area contributed by atoms with Crippen molar-refractivity contribution in [1.82, 2.24) is 5.32 Å². The smallest absolute Gasteiger partial charge is 0.313 e. The topological polar surface area (TPSA) is 90.2 Å². The zero-order valence-corrected chi connectivity index (χ0v) is 11.5. The van der Waals surface area contributed by atoms with E-state index in [-0.39, 0.29) is 5.91 Å². The molecule has 1 heterocycles. The van der Waals surface area contributed by atoms with E-state index in [1.165, 1.54) is 0 Å². The molecule has 2 aromatic rings. The van der Waals surface area contributed by atoms with Crippen molar-refractivity contribution in [1.29, 1.82) is 5.26 Å². The fourth-order valence-corrected chi connectivity index (χ4v) is 2.77. The molecule has 0 radical (unpaired) electrons. The first kappa shape index (κ1) is 13.8. The summed E-state index contributed by atoms with van der Waals surface area (Å²) in [6.07, 6.45) is 0. The van der Waals surface area contributed by atoms with Gasteiger partial charge in [0.25, 0.3) is 5.91 Å². The van der Waals surface area contributed by atoms with Gasteiger partial charge in [0.05, 0.1) is 17.7 Å². The highest BCUT2D eigenvalue weighted by atomic mass is 16.4. The van der Waals surface area contributed by atoms with E-state index in [4.69, 9.17) is 5.26 Å². The first-order valence-corrected chi connectivity index (χ1v) is 6.74. The molecule has 1 aliphatic rings. The van der Waals surface area contributed by atoms with Gasteiger partial charge in [-0.2, -0.15) is 5.26 Å². The summed E-state index contributed by atoms with van der Waals surface area (Å²) in [7, 11) is 0. The number of hydrogen-bond acceptors (Lipinski definition) is 3. The molecule has 0 spiro atoms. The largest absolute Gasteiger partial charge is 0.481 e. The van der Waals surface area contributed by atoms with E-state index in [1.54, 1.807) is 48.5 Å². The van der Waals surface area contributed by atoms with Gasteiger partial charge in [0.1, 0.15) is 5.92 Å². The molecule has 0 saturated carbocycles. The molecule has 22 heavy (non-hydrogen) atoms. The zero-order valence-electron chi connectivity index (χ0n) is 11.5. The SMILES string of the molecule is N#Cc1ccc([C@@H]2NC(=O)c3ccccc3[C@@H]2C(=O)O)cc1. The number of fused-ring (bicyclic) bond motifs is 1. The van der Waals surface area contributed by atoms with Crippen LogP contribution in [0.2, 0.25) is 0 Å². The molecule has 0 aliphatic carbocycles. The van der Waals surface area contributed by atoms with Crippen molar-refractivity contribution in [3.05, 3.63) is 70.8 Å². The van der Waals surface area contributed by atoms with Gasteiger partial charge in [-0.1, -0.05) is 30.3 Å². The van der Waals surface area contributed by atoms with Crippen LogP contribution in [0.25, 0.3) is 0 Å². The fraction of sp³-hybridized carbons (Fsp3) is 0.118. The monoisotopic (exact) mass is 292 g/mol. The lowest BCUT2D eigenvalue weighted by Crippen LogP contribution is -2.41. The average molecular weight is 292 g/mol. The number of carboxylic acid groups (broad SMARTS) is 1. The summed E-state index contributed by atoms with van der Waals surface area (Å²) in [5.74, 6) is -2.15. The predicted octanol–water partition coefficient (Wildman–Crippen LogP) is 2.21. The Kier molecular flexibility index (Phi) is 3.36. The number of nitrogens with one attached hydrogen (secondary N) is 1. The van der Waals surface area contributed by atoms with Crippen LogP contribution in [-0.4, -0.2) is 17.0 Å². The molecular formula is C17H12N2O3. The third-order valence-corrected chi connectivity index (χ3v) is 3.83. The fourth-order valence-electron chi connectivity index (χ4n) is 2.77. The Morgan fingerprint density at radius 2 is 1.82 bits per heavy atom. The molecule has 0 bridgehead atoms. The minimum atomic E-state index is -0.998. The van der Waals surface area contributed by atoms with Crippen LogP contribution in [0.1, 0.15) is 39.0 Å². The number of carbonyl (C=O) groups is 2. The van der Waals surface area contributed by atoms with E-state index in [1.807, 2.05) is 6.07 Å². The minimum absolute atomic E-state index is 0.289. The molecule has 0 saturated heterocycles. The van der Waals surface area contributed by atoms with Crippen molar-refractivity contribution < 1.29 is 14.7 Å². The van der Waals surface area contributed by atoms with Gasteiger partial charge in [-0.15, -0.1) is 0 Å². The van der Waals surface area contributed by atoms with Gasteiger partial charge in [-0.05, 0) is 29.3 Å². The van der Waals surface area contributed by atoms with E-state index >= 15 is 0 Å². The Balaban J connectivity index is 2.09. The second kappa shape index (κ2) is 5.34. The predicted molar refractivity (Wildman–Crippen MR) is 78.2 cm³/mol. The Morgan fingerprint density at radius 1 is 1.14 bits per heavy atom. The van der Waals surface area contributed by atoms with Crippen molar-refractivity contribution in [2.75, 3.05) is 0 Å². The van der Waals surface area contributed by atoms with Crippen LogP contribution < -0.4 is 5.32 Å². The van der Waals surface area contributed by atoms with Crippen molar-refractivity contribution >= 4 is 11.9 Å². The molecule has 2 N–H and O–H groups in total. The highest BCUT2D eigenvalue weighted by Crippen LogP contribution is 2.37. The third-order valence-electron chi connectivity index (χ3n) is 3.83. The summed E-state index contributed by atoms with van der Waals surface area (Å²) >= 11 is 0. The lowest BCUT2D eigenvalue weighted by Gasteiger charge is -2.31. The van der Waals surface area contributed by atoms with E-state index in [0.29, 0.717) is 22.3 Å². The Hall–Kier alpha value is -3.13. The molecule has 2 atom stereocenters. The molecule has 108 valence electrons. The second-order valence-electron chi connectivity index (χ2n) is 5.09. The van der Waals surface area contributed by atoms with Gasteiger partial charge in [0.15, 0.2) is 0 Å². The van der Waals surface area contributed by atoms with Crippen molar-refractivity contribution in [3.63, 3.8) is 0 Å². The lowest BCUT2D eigenvalue weighted by molar-refractivity contribution is -0.139. The number of carboxylic acids is 1. The maximum atomic E-state index is 12.2. The number of rotatable bonds is 2. The molecule has 1 amide bonds. The van der Waals surface area contributed by atoms with Crippen LogP contribution in [0.4, 0.5) is 0 Å². The number of hydrogen-bond donors (Lipinski definition) is 2. The molecule has 0 fully saturated rings. The summed E-state index contributed by atoms with van der Waals surface area (Å²) in [5, 5.41) is 21.2. The van der Waals surface area contributed by atoms with E-state index in [9.17, 15) is 14.7 Å². The first-order chi connectivity index (χ1) is 10.6. The number of nitrogens with zero attached hydrogens (tertiary/aromatic N) is 1. The Bertz CT molecular complexity index is 790. The van der Waals surface area contributed by atoms with Crippen LogP contribution >= 0.6 is 0 Å². The van der Waals surface area contributed by atoms with Gasteiger partial charge in [0.2, 0.25) is 0 Å². The minimum Gasteiger partial charge on any atom is -0.481 e. The number of carbonyl (C=O) groups excluding carboxylic acids is 1. The zero-order chi connectivity index (χ0) is 15.7. The molecule has 5 nitrogen and oxygen atoms in total. The van der Waals surface area contributed by atoms with E-state index < -0.39 is 17.9 Å². The van der Waals surface area contributed by atoms with E-state index in [2.05, 4.69) is 5.32 Å². The van der Waals surface area contributed by atoms with Gasteiger partial charge in [-0.25, -0.2) is 0 Å². The van der Waals surface area contributed by atoms with Crippen LogP contribution in [0.15, 0.2) is 48.5 Å². The molecule has 0 unspecified atom stereocenters. The first-order valence-electron chi connectivity index (χ1n) is 6.74. The van der Waals surface area contributed by atoms with Gasteiger partial charge in [-0.3, -0.25) is 9.59 Å². The molecule has 2 aromatic carbocycles. The number of nitriles is 1. The van der Waals surface area contributed by atoms with Gasteiger partial charge in [0, 0.05) is 5.56 Å². The number of benzene rings is 2. The number of aliphatic carboxylic acids is 1. The average Bonchev–Trinajstić information content (AvgIpc) is 2.54. The molecule has 0 aromatic heterocycles.